The van der Waals surface area contributed by atoms with E-state index in [-0.39, 0.29) is 16.7 Å². The summed E-state index contributed by atoms with van der Waals surface area (Å²) in [6, 6.07) is 8.53. The Kier molecular flexibility index (Phi) is 7.98. The lowest BCUT2D eigenvalue weighted by Crippen LogP contribution is -2.47. The number of rotatable bonds is 8. The Hall–Kier alpha value is -2.15. The maximum atomic E-state index is 12.8. The molecule has 0 aliphatic heterocycles. The van der Waals surface area contributed by atoms with Crippen molar-refractivity contribution in [3.63, 3.8) is 0 Å². The van der Waals surface area contributed by atoms with Crippen molar-refractivity contribution in [1.29, 1.82) is 0 Å². The number of fused-ring (bicyclic) bond motifs is 1. The summed E-state index contributed by atoms with van der Waals surface area (Å²) >= 11 is 0. The fourth-order valence-electron chi connectivity index (χ4n) is 6.01. The summed E-state index contributed by atoms with van der Waals surface area (Å²) in [5.74, 6) is 2.24. The van der Waals surface area contributed by atoms with Gasteiger partial charge in [0.15, 0.2) is 5.76 Å². The van der Waals surface area contributed by atoms with Crippen molar-refractivity contribution >= 4 is 5.91 Å². The molecule has 1 heterocycles. The monoisotopic (exact) mass is 494 g/mol. The summed E-state index contributed by atoms with van der Waals surface area (Å²) in [6.07, 6.45) is 7.16. The minimum atomic E-state index is -0.449. The van der Waals surface area contributed by atoms with Crippen LogP contribution >= 0.6 is 0 Å². The van der Waals surface area contributed by atoms with Crippen LogP contribution in [0.1, 0.15) is 105 Å². The van der Waals surface area contributed by atoms with Gasteiger partial charge in [-0.05, 0) is 103 Å². The highest BCUT2D eigenvalue weighted by molar-refractivity contribution is 5.91. The fourth-order valence-corrected chi connectivity index (χ4v) is 6.01. The number of hydrogen-bond acceptors (Lipinski definition) is 5. The van der Waals surface area contributed by atoms with Crippen LogP contribution in [0.2, 0.25) is 0 Å². The summed E-state index contributed by atoms with van der Waals surface area (Å²) in [7, 11) is 0. The van der Waals surface area contributed by atoms with Gasteiger partial charge in [0.25, 0.3) is 5.91 Å². The molecule has 6 heteroatoms. The van der Waals surface area contributed by atoms with E-state index in [1.165, 1.54) is 35.1 Å². The summed E-state index contributed by atoms with van der Waals surface area (Å²) in [5, 5.41) is 6.22. The summed E-state index contributed by atoms with van der Waals surface area (Å²) < 4.78 is 6.01. The molecule has 0 saturated heterocycles. The molecular formula is C30H46N4O2. The number of amides is 1. The molecule has 1 aromatic heterocycles. The topological polar surface area (TPSA) is 106 Å². The predicted molar refractivity (Wildman–Crippen MR) is 146 cm³/mol. The molecule has 2 aromatic rings. The van der Waals surface area contributed by atoms with Crippen LogP contribution in [0.25, 0.3) is 0 Å². The number of hydrogen-bond donors (Lipinski definition) is 4. The van der Waals surface area contributed by atoms with Gasteiger partial charge in [-0.3, -0.25) is 10.1 Å². The second-order valence-electron chi connectivity index (χ2n) is 12.6. The normalized spacial score (nSPS) is 22.9. The quantitative estimate of drug-likeness (QED) is 0.392. The van der Waals surface area contributed by atoms with E-state index in [4.69, 9.17) is 15.9 Å². The van der Waals surface area contributed by atoms with Crippen molar-refractivity contribution < 1.29 is 9.21 Å². The second-order valence-corrected chi connectivity index (χ2v) is 12.6. The Morgan fingerprint density at radius 3 is 2.17 bits per heavy atom. The lowest BCUT2D eigenvalue weighted by atomic mass is 9.62. The Balaban J connectivity index is 1.34. The molecular weight excluding hydrogens is 448 g/mol. The third-order valence-corrected chi connectivity index (χ3v) is 8.72. The van der Waals surface area contributed by atoms with Gasteiger partial charge in [-0.2, -0.15) is 0 Å². The van der Waals surface area contributed by atoms with Crippen LogP contribution in [0.3, 0.4) is 0 Å². The maximum absolute atomic E-state index is 12.8. The standard InChI is InChI=1S/C30H46N4O2/c1-19-14-24-25(30(4,5)13-12-29(24,2)3)16-22(19)15-23-10-11-26(36-23)27(35)33-17-20-6-8-21(9-7-20)18-34-28(31)32/h10-11,14,16,20-21,28,34H,6-9,12-13,15,17-18,31-32H2,1-5H3,(H,33,35). The molecule has 2 aliphatic rings. The number of carbonyl (C=O) groups excluding carboxylic acids is 1. The molecule has 2 aliphatic carbocycles. The largest absolute Gasteiger partial charge is 0.456 e. The maximum Gasteiger partial charge on any atom is 0.287 e. The van der Waals surface area contributed by atoms with Crippen LogP contribution in [0.4, 0.5) is 0 Å². The van der Waals surface area contributed by atoms with Gasteiger partial charge in [-0.25, -0.2) is 0 Å². The highest BCUT2D eigenvalue weighted by Gasteiger charge is 2.37. The van der Waals surface area contributed by atoms with Gasteiger partial charge in [0.2, 0.25) is 0 Å². The minimum absolute atomic E-state index is 0.121. The van der Waals surface area contributed by atoms with E-state index < -0.39 is 6.29 Å². The number of aryl methyl sites for hydroxylation is 1. The van der Waals surface area contributed by atoms with Crippen molar-refractivity contribution in [2.45, 2.75) is 96.7 Å². The average molecular weight is 495 g/mol. The summed E-state index contributed by atoms with van der Waals surface area (Å²) in [5.41, 5.74) is 17.1. The number of furan rings is 1. The van der Waals surface area contributed by atoms with E-state index in [0.29, 0.717) is 30.6 Å². The zero-order valence-electron chi connectivity index (χ0n) is 22.9. The van der Waals surface area contributed by atoms with E-state index in [2.05, 4.69) is 57.4 Å². The first-order chi connectivity index (χ1) is 16.9. The fraction of sp³-hybridized carbons (Fsp3) is 0.633. The second kappa shape index (κ2) is 10.7. The molecule has 4 rings (SSSR count). The van der Waals surface area contributed by atoms with Crippen molar-refractivity contribution in [1.82, 2.24) is 10.6 Å². The molecule has 0 spiro atoms. The highest BCUT2D eigenvalue weighted by Crippen LogP contribution is 2.46. The smallest absolute Gasteiger partial charge is 0.287 e. The molecule has 0 bridgehead atoms. The van der Waals surface area contributed by atoms with Gasteiger partial charge in [0, 0.05) is 19.5 Å². The molecule has 1 fully saturated rings. The van der Waals surface area contributed by atoms with Crippen LogP contribution < -0.4 is 22.1 Å². The zero-order chi connectivity index (χ0) is 26.1. The van der Waals surface area contributed by atoms with E-state index >= 15 is 0 Å². The van der Waals surface area contributed by atoms with Crippen LogP contribution in [-0.4, -0.2) is 25.3 Å². The van der Waals surface area contributed by atoms with E-state index in [0.717, 1.165) is 38.0 Å². The number of carbonyl (C=O) groups is 1. The van der Waals surface area contributed by atoms with Crippen molar-refractivity contribution in [3.05, 3.63) is 58.0 Å². The SMILES string of the molecule is Cc1cc2c(cc1Cc1ccc(C(=O)NCC3CCC(CNC(N)N)CC3)o1)C(C)(C)CCC2(C)C. The van der Waals surface area contributed by atoms with Crippen molar-refractivity contribution in [2.75, 3.05) is 13.1 Å². The Bertz CT molecular complexity index is 1060. The van der Waals surface area contributed by atoms with E-state index in [1.54, 1.807) is 0 Å². The molecule has 1 aromatic carbocycles. The lowest BCUT2D eigenvalue weighted by molar-refractivity contribution is 0.0911. The van der Waals surface area contributed by atoms with Crippen LogP contribution in [0.15, 0.2) is 28.7 Å². The lowest BCUT2D eigenvalue weighted by Gasteiger charge is -2.42. The Labute approximate surface area is 217 Å². The summed E-state index contributed by atoms with van der Waals surface area (Å²) in [6.45, 7) is 13.2. The minimum Gasteiger partial charge on any atom is -0.456 e. The molecule has 1 amide bonds. The third kappa shape index (κ3) is 6.21. The van der Waals surface area contributed by atoms with Gasteiger partial charge in [0.05, 0.1) is 0 Å². The molecule has 0 unspecified atom stereocenters. The Morgan fingerprint density at radius 2 is 1.56 bits per heavy atom. The molecule has 198 valence electrons. The number of benzene rings is 1. The van der Waals surface area contributed by atoms with Gasteiger partial charge in [-0.15, -0.1) is 0 Å². The van der Waals surface area contributed by atoms with Crippen molar-refractivity contribution in [2.24, 2.45) is 23.3 Å². The molecule has 0 atom stereocenters. The third-order valence-electron chi connectivity index (χ3n) is 8.72. The van der Waals surface area contributed by atoms with Crippen LogP contribution in [0.5, 0.6) is 0 Å². The van der Waals surface area contributed by atoms with Gasteiger partial charge in [0.1, 0.15) is 12.0 Å². The molecule has 36 heavy (non-hydrogen) atoms. The van der Waals surface area contributed by atoms with E-state index in [1.807, 2.05) is 12.1 Å². The first kappa shape index (κ1) is 26.9. The molecule has 0 radical (unpaired) electrons. The first-order valence-electron chi connectivity index (χ1n) is 13.7. The highest BCUT2D eigenvalue weighted by atomic mass is 16.3. The average Bonchev–Trinajstić information content (AvgIpc) is 3.29. The zero-order valence-corrected chi connectivity index (χ0v) is 22.9. The molecule has 6 nitrogen and oxygen atoms in total. The van der Waals surface area contributed by atoms with E-state index in [9.17, 15) is 4.79 Å². The van der Waals surface area contributed by atoms with Gasteiger partial charge in [-0.1, -0.05) is 39.8 Å². The van der Waals surface area contributed by atoms with Crippen molar-refractivity contribution in [3.8, 4) is 0 Å². The summed E-state index contributed by atoms with van der Waals surface area (Å²) in [4.78, 5) is 12.8. The molecule has 1 saturated carbocycles. The number of nitrogens with two attached hydrogens (primary N) is 2. The first-order valence-corrected chi connectivity index (χ1v) is 13.7. The predicted octanol–water partition coefficient (Wildman–Crippen LogP) is 4.85. The van der Waals surface area contributed by atoms with Gasteiger partial charge < -0.3 is 21.2 Å². The van der Waals surface area contributed by atoms with Crippen LogP contribution in [0, 0.1) is 18.8 Å². The number of nitrogens with one attached hydrogen (secondary N) is 2. The Morgan fingerprint density at radius 1 is 0.972 bits per heavy atom. The van der Waals surface area contributed by atoms with Gasteiger partial charge >= 0.3 is 0 Å². The molecule has 6 N–H and O–H groups in total. The van der Waals surface area contributed by atoms with Crippen LogP contribution in [-0.2, 0) is 17.3 Å².